The van der Waals surface area contributed by atoms with E-state index in [0.717, 1.165) is 83.5 Å². The van der Waals surface area contributed by atoms with Crippen molar-refractivity contribution in [1.29, 1.82) is 0 Å². The van der Waals surface area contributed by atoms with Gasteiger partial charge in [0.15, 0.2) is 17.5 Å². The third kappa shape index (κ3) is 7.29. The number of para-hydroxylation sites is 4. The molecule has 9 aromatic carbocycles. The molecule has 13 aromatic rings. The van der Waals surface area contributed by atoms with Crippen molar-refractivity contribution < 1.29 is 0 Å². The zero-order valence-electron chi connectivity index (χ0n) is 41.7. The Balaban J connectivity index is 1.18. The summed E-state index contributed by atoms with van der Waals surface area (Å²) in [6, 6.07) is 74.0. The van der Waals surface area contributed by atoms with Gasteiger partial charge in [0.05, 0.1) is 38.8 Å². The fraction of sp³-hybridized carbons (Fsp3) is 0.0290. The Morgan fingerprint density at radius 1 is 0.440 bits per heavy atom. The van der Waals surface area contributed by atoms with Crippen molar-refractivity contribution in [2.24, 2.45) is 0 Å². The zero-order chi connectivity index (χ0) is 50.6. The van der Waals surface area contributed by atoms with E-state index >= 15 is 0 Å². The summed E-state index contributed by atoms with van der Waals surface area (Å²) in [7, 11) is 0. The Kier molecular flexibility index (Phi) is 11.2. The SMILES string of the molecule is C=C/C=C(\C=C)c1nc(-c2ccccc2)nc(-c2cc(C(/C=C\C)=C/C)c(-n3c4ccccc4c4c3ccc3c5ccc6c(c7ccccc7n6-c6ccccc6)c5n(-c5ccccc5)c34)c(-c3ccccc3)c2)n1. The molecular formula is C69H50N6. The first-order valence-corrected chi connectivity index (χ1v) is 25.4. The molecule has 75 heavy (non-hydrogen) atoms. The van der Waals surface area contributed by atoms with Crippen LogP contribution in [-0.2, 0) is 0 Å². The van der Waals surface area contributed by atoms with E-state index in [-0.39, 0.29) is 0 Å². The lowest BCUT2D eigenvalue weighted by atomic mass is 9.92. The number of nitrogens with zero attached hydrogens (tertiary/aromatic N) is 6. The van der Waals surface area contributed by atoms with E-state index in [4.69, 9.17) is 15.0 Å². The largest absolute Gasteiger partial charge is 0.309 e. The quantitative estimate of drug-likeness (QED) is 0.121. The average molecular weight is 963 g/mol. The Bertz CT molecular complexity index is 4490. The molecule has 0 bridgehead atoms. The molecule has 0 spiro atoms. The smallest absolute Gasteiger partial charge is 0.164 e. The van der Waals surface area contributed by atoms with Crippen molar-refractivity contribution in [1.82, 2.24) is 28.7 Å². The number of hydrogen-bond acceptors (Lipinski definition) is 3. The third-order valence-corrected chi connectivity index (χ3v) is 14.5. The highest BCUT2D eigenvalue weighted by atomic mass is 15.1. The van der Waals surface area contributed by atoms with Gasteiger partial charge in [-0.3, -0.25) is 0 Å². The normalized spacial score (nSPS) is 12.3. The Labute approximate surface area is 435 Å². The van der Waals surface area contributed by atoms with Gasteiger partial charge in [0.1, 0.15) is 0 Å². The van der Waals surface area contributed by atoms with Crippen LogP contribution < -0.4 is 0 Å². The van der Waals surface area contributed by atoms with Crippen molar-refractivity contribution in [2.45, 2.75) is 13.8 Å². The molecule has 4 heterocycles. The van der Waals surface area contributed by atoms with Crippen LogP contribution in [0.1, 0.15) is 25.2 Å². The molecule has 0 amide bonds. The van der Waals surface area contributed by atoms with Gasteiger partial charge >= 0.3 is 0 Å². The van der Waals surface area contributed by atoms with Gasteiger partial charge in [-0.15, -0.1) is 0 Å². The average Bonchev–Trinajstić information content (AvgIpc) is 4.28. The summed E-state index contributed by atoms with van der Waals surface area (Å²) >= 11 is 0. The summed E-state index contributed by atoms with van der Waals surface area (Å²) in [5.74, 6) is 1.64. The summed E-state index contributed by atoms with van der Waals surface area (Å²) in [6.07, 6.45) is 11.9. The molecule has 0 atom stereocenters. The second-order valence-corrected chi connectivity index (χ2v) is 18.7. The molecule has 0 aliphatic carbocycles. The van der Waals surface area contributed by atoms with Crippen LogP contribution in [0.5, 0.6) is 0 Å². The molecule has 0 aliphatic heterocycles. The Morgan fingerprint density at radius 2 is 0.947 bits per heavy atom. The highest BCUT2D eigenvalue weighted by Crippen LogP contribution is 2.48. The highest BCUT2D eigenvalue weighted by molar-refractivity contribution is 6.31. The molecule has 0 N–H and O–H groups in total. The number of fused-ring (bicyclic) bond motifs is 11. The molecule has 6 nitrogen and oxygen atoms in total. The van der Waals surface area contributed by atoms with E-state index in [1.54, 1.807) is 12.2 Å². The summed E-state index contributed by atoms with van der Waals surface area (Å²) < 4.78 is 7.45. The van der Waals surface area contributed by atoms with Gasteiger partial charge in [-0.1, -0.05) is 195 Å². The van der Waals surface area contributed by atoms with E-state index < -0.39 is 0 Å². The third-order valence-electron chi connectivity index (χ3n) is 14.5. The molecule has 13 rings (SSSR count). The van der Waals surface area contributed by atoms with Crippen molar-refractivity contribution in [3.63, 3.8) is 0 Å². The molecule has 6 heteroatoms. The molecule has 0 aliphatic rings. The van der Waals surface area contributed by atoms with Gasteiger partial charge in [0.25, 0.3) is 0 Å². The minimum atomic E-state index is 0.516. The number of rotatable bonds is 11. The van der Waals surface area contributed by atoms with Crippen molar-refractivity contribution >= 4 is 76.6 Å². The van der Waals surface area contributed by atoms with E-state index in [2.05, 4.69) is 235 Å². The van der Waals surface area contributed by atoms with Crippen molar-refractivity contribution in [3.05, 3.63) is 267 Å². The molecule has 0 fully saturated rings. The fourth-order valence-electron chi connectivity index (χ4n) is 11.3. The number of hydrogen-bond donors (Lipinski definition) is 0. The summed E-state index contributed by atoms with van der Waals surface area (Å²) in [5, 5.41) is 7.14. The van der Waals surface area contributed by atoms with Crippen LogP contribution in [0.4, 0.5) is 0 Å². The molecular weight excluding hydrogens is 913 g/mol. The van der Waals surface area contributed by atoms with Crippen molar-refractivity contribution in [2.75, 3.05) is 0 Å². The maximum atomic E-state index is 5.24. The van der Waals surface area contributed by atoms with Crippen LogP contribution in [0.15, 0.2) is 256 Å². The zero-order valence-corrected chi connectivity index (χ0v) is 41.7. The van der Waals surface area contributed by atoms with Gasteiger partial charge in [0, 0.05) is 71.5 Å². The molecule has 0 unspecified atom stereocenters. The first-order valence-electron chi connectivity index (χ1n) is 25.4. The van der Waals surface area contributed by atoms with Gasteiger partial charge in [-0.2, -0.15) is 0 Å². The molecule has 356 valence electrons. The second-order valence-electron chi connectivity index (χ2n) is 18.7. The number of benzene rings is 9. The minimum Gasteiger partial charge on any atom is -0.309 e. The standard InChI is InChI=1S/C69H50N6/c1-5-25-45(7-3)56-43-49(69-71-67(46(8-4)26-6-2)70-68(72-69)48-29-15-10-16-30-48)44-57(47-27-13-9-14-28-47)64(56)75-59-38-24-22-36-55(59)63-61(75)42-40-53-52-39-41-60-62(65(52)74(66(53)63)51-33-19-12-20-34-51)54-35-21-23-37-58(54)73(60)50-31-17-11-18-32-50/h5-44H,2,4H2,1,3H3/b25-5-,45-7+,46-26+. The summed E-state index contributed by atoms with van der Waals surface area (Å²) in [4.78, 5) is 15.5. The first kappa shape index (κ1) is 45.0. The Hall–Kier alpha value is -9.91. The van der Waals surface area contributed by atoms with Gasteiger partial charge in [0.2, 0.25) is 0 Å². The topological polar surface area (TPSA) is 53.5 Å². The molecule has 0 saturated heterocycles. The Morgan fingerprint density at radius 3 is 1.51 bits per heavy atom. The maximum Gasteiger partial charge on any atom is 0.164 e. The summed E-state index contributed by atoms with van der Waals surface area (Å²) in [5.41, 5.74) is 16.8. The number of aromatic nitrogens is 6. The molecule has 0 radical (unpaired) electrons. The van der Waals surface area contributed by atoms with Crippen LogP contribution in [0.3, 0.4) is 0 Å². The number of allylic oxidation sites excluding steroid dienone is 8. The van der Waals surface area contributed by atoms with E-state index in [1.165, 1.54) is 38.0 Å². The second kappa shape index (κ2) is 18.6. The lowest BCUT2D eigenvalue weighted by Crippen LogP contribution is -2.06. The lowest BCUT2D eigenvalue weighted by Gasteiger charge is -2.21. The summed E-state index contributed by atoms with van der Waals surface area (Å²) in [6.45, 7) is 12.3. The highest BCUT2D eigenvalue weighted by Gasteiger charge is 2.27. The monoisotopic (exact) mass is 962 g/mol. The minimum absolute atomic E-state index is 0.516. The lowest BCUT2D eigenvalue weighted by molar-refractivity contribution is 1.04. The van der Waals surface area contributed by atoms with Crippen LogP contribution in [0.25, 0.3) is 128 Å². The van der Waals surface area contributed by atoms with Crippen LogP contribution in [0.2, 0.25) is 0 Å². The van der Waals surface area contributed by atoms with E-state index in [1.807, 2.05) is 36.4 Å². The van der Waals surface area contributed by atoms with Gasteiger partial charge in [-0.25, -0.2) is 15.0 Å². The van der Waals surface area contributed by atoms with Gasteiger partial charge in [-0.05, 0) is 85.6 Å². The van der Waals surface area contributed by atoms with Gasteiger partial charge < -0.3 is 13.7 Å². The van der Waals surface area contributed by atoms with Crippen LogP contribution in [-0.4, -0.2) is 28.7 Å². The van der Waals surface area contributed by atoms with E-state index in [9.17, 15) is 0 Å². The predicted octanol–water partition coefficient (Wildman–Crippen LogP) is 17.9. The first-order chi connectivity index (χ1) is 37.1. The molecule has 0 saturated carbocycles. The van der Waals surface area contributed by atoms with Crippen LogP contribution in [0, 0.1) is 0 Å². The van der Waals surface area contributed by atoms with Crippen molar-refractivity contribution in [3.8, 4) is 51.0 Å². The van der Waals surface area contributed by atoms with E-state index in [0.29, 0.717) is 17.5 Å². The predicted molar refractivity (Wildman–Crippen MR) is 316 cm³/mol. The molecule has 4 aromatic heterocycles. The van der Waals surface area contributed by atoms with Crippen LogP contribution >= 0.6 is 0 Å². The fourth-order valence-corrected chi connectivity index (χ4v) is 11.3. The maximum absolute atomic E-state index is 5.24.